The number of piperidine rings is 1. The van der Waals surface area contributed by atoms with Crippen molar-refractivity contribution in [3.63, 3.8) is 0 Å². The van der Waals surface area contributed by atoms with Gasteiger partial charge in [0.25, 0.3) is 0 Å². The summed E-state index contributed by atoms with van der Waals surface area (Å²) in [6, 6.07) is 0. The van der Waals surface area contributed by atoms with Crippen molar-refractivity contribution in [2.45, 2.75) is 52.4 Å². The number of hydrogen-bond donors (Lipinski definition) is 1. The van der Waals surface area contributed by atoms with Crippen LogP contribution in [-0.2, 0) is 0 Å². The Morgan fingerprint density at radius 1 is 1.39 bits per heavy atom. The van der Waals surface area contributed by atoms with Crippen LogP contribution in [0.4, 0.5) is 0 Å². The summed E-state index contributed by atoms with van der Waals surface area (Å²) in [6.45, 7) is 12.2. The van der Waals surface area contributed by atoms with Crippen molar-refractivity contribution in [3.8, 4) is 0 Å². The number of rotatable bonds is 8. The summed E-state index contributed by atoms with van der Waals surface area (Å²) >= 11 is 0. The van der Waals surface area contributed by atoms with Crippen molar-refractivity contribution in [1.29, 1.82) is 0 Å². The molecule has 1 unspecified atom stereocenters. The Balaban J connectivity index is 2.16. The monoisotopic (exact) mass is 252 g/mol. The molecule has 1 aliphatic heterocycles. The Morgan fingerprint density at radius 2 is 2.17 bits per heavy atom. The lowest BCUT2D eigenvalue weighted by atomic mass is 9.91. The summed E-state index contributed by atoms with van der Waals surface area (Å²) in [5.41, 5.74) is 1.15. The molecule has 1 fully saturated rings. The molecule has 0 amide bonds. The van der Waals surface area contributed by atoms with Gasteiger partial charge in [-0.3, -0.25) is 4.90 Å². The van der Waals surface area contributed by atoms with Gasteiger partial charge in [-0.05, 0) is 37.6 Å². The second-order valence-corrected chi connectivity index (χ2v) is 6.28. The van der Waals surface area contributed by atoms with Gasteiger partial charge in [-0.15, -0.1) is 0 Å². The Hall–Kier alpha value is -0.500. The van der Waals surface area contributed by atoms with Gasteiger partial charge in [-0.25, -0.2) is 0 Å². The van der Waals surface area contributed by atoms with E-state index in [4.69, 9.17) is 0 Å². The second kappa shape index (κ2) is 8.58. The average molecular weight is 252 g/mol. The highest BCUT2D eigenvalue weighted by Gasteiger charge is 2.19. The van der Waals surface area contributed by atoms with E-state index < -0.39 is 0 Å². The van der Waals surface area contributed by atoms with E-state index >= 15 is 0 Å². The Labute approximate surface area is 114 Å². The van der Waals surface area contributed by atoms with E-state index in [0.29, 0.717) is 0 Å². The molecular formula is C16H32N2. The predicted octanol–water partition coefficient (Wildman–Crippen LogP) is 3.65. The van der Waals surface area contributed by atoms with E-state index in [0.717, 1.165) is 24.1 Å². The van der Waals surface area contributed by atoms with Crippen LogP contribution in [0.2, 0.25) is 0 Å². The molecule has 1 atom stereocenters. The van der Waals surface area contributed by atoms with Gasteiger partial charge in [0.1, 0.15) is 0 Å². The van der Waals surface area contributed by atoms with Gasteiger partial charge in [0.05, 0.1) is 0 Å². The van der Waals surface area contributed by atoms with Crippen molar-refractivity contribution < 1.29 is 0 Å². The SMILES string of the molecule is C=C(CN1CCCC(CCCCC(C)C)C1)NC. The molecule has 2 nitrogen and oxygen atoms in total. The average Bonchev–Trinajstić information content (AvgIpc) is 2.35. The first kappa shape index (κ1) is 15.6. The van der Waals surface area contributed by atoms with E-state index in [1.165, 1.54) is 51.6 Å². The lowest BCUT2D eigenvalue weighted by molar-refractivity contribution is 0.176. The molecular weight excluding hydrogens is 220 g/mol. The fraction of sp³-hybridized carbons (Fsp3) is 0.875. The van der Waals surface area contributed by atoms with Crippen LogP contribution < -0.4 is 5.32 Å². The van der Waals surface area contributed by atoms with E-state index in [9.17, 15) is 0 Å². The van der Waals surface area contributed by atoms with Gasteiger partial charge in [0, 0.05) is 25.8 Å². The van der Waals surface area contributed by atoms with E-state index in [2.05, 4.69) is 30.6 Å². The second-order valence-electron chi connectivity index (χ2n) is 6.28. The van der Waals surface area contributed by atoms with Crippen LogP contribution in [0, 0.1) is 11.8 Å². The predicted molar refractivity (Wildman–Crippen MR) is 80.7 cm³/mol. The third-order valence-corrected chi connectivity index (χ3v) is 4.01. The molecule has 1 heterocycles. The van der Waals surface area contributed by atoms with Crippen LogP contribution in [0.3, 0.4) is 0 Å². The van der Waals surface area contributed by atoms with Gasteiger partial charge in [-0.2, -0.15) is 0 Å². The first-order valence-electron chi connectivity index (χ1n) is 7.69. The van der Waals surface area contributed by atoms with Crippen LogP contribution >= 0.6 is 0 Å². The molecule has 1 saturated heterocycles. The summed E-state index contributed by atoms with van der Waals surface area (Å²) in [5, 5.41) is 3.16. The van der Waals surface area contributed by atoms with Crippen LogP contribution in [-0.4, -0.2) is 31.6 Å². The summed E-state index contributed by atoms with van der Waals surface area (Å²) < 4.78 is 0. The summed E-state index contributed by atoms with van der Waals surface area (Å²) in [4.78, 5) is 2.56. The number of nitrogens with one attached hydrogen (secondary N) is 1. The maximum absolute atomic E-state index is 4.03. The van der Waals surface area contributed by atoms with E-state index in [1.807, 2.05) is 7.05 Å². The zero-order valence-electron chi connectivity index (χ0n) is 12.7. The van der Waals surface area contributed by atoms with E-state index in [-0.39, 0.29) is 0 Å². The standard InChI is InChI=1S/C16H32N2/c1-14(2)8-5-6-9-16-10-7-11-18(13-16)12-15(3)17-4/h14,16-17H,3,5-13H2,1-2,4H3. The first-order chi connectivity index (χ1) is 8.61. The van der Waals surface area contributed by atoms with E-state index in [1.54, 1.807) is 0 Å². The Kier molecular flexibility index (Phi) is 7.41. The summed E-state index contributed by atoms with van der Waals surface area (Å²) in [6.07, 6.45) is 8.46. The van der Waals surface area contributed by atoms with Crippen LogP contribution in [0.15, 0.2) is 12.3 Å². The highest BCUT2D eigenvalue weighted by atomic mass is 15.1. The molecule has 0 spiro atoms. The van der Waals surface area contributed by atoms with Gasteiger partial charge >= 0.3 is 0 Å². The molecule has 1 rings (SSSR count). The topological polar surface area (TPSA) is 15.3 Å². The van der Waals surface area contributed by atoms with Gasteiger partial charge < -0.3 is 5.32 Å². The minimum absolute atomic E-state index is 0.867. The fourth-order valence-corrected chi connectivity index (χ4v) is 2.87. The quantitative estimate of drug-likeness (QED) is 0.663. The largest absolute Gasteiger partial charge is 0.391 e. The zero-order chi connectivity index (χ0) is 13.4. The molecule has 0 aromatic rings. The minimum atomic E-state index is 0.867. The lowest BCUT2D eigenvalue weighted by Crippen LogP contribution is -2.38. The molecule has 106 valence electrons. The molecule has 0 bridgehead atoms. The lowest BCUT2D eigenvalue weighted by Gasteiger charge is -2.33. The van der Waals surface area contributed by atoms with Gasteiger partial charge in [0.15, 0.2) is 0 Å². The number of likely N-dealkylation sites (N-methyl/N-ethyl adjacent to an activating group) is 1. The third-order valence-electron chi connectivity index (χ3n) is 4.01. The summed E-state index contributed by atoms with van der Waals surface area (Å²) in [5.74, 6) is 1.79. The normalized spacial score (nSPS) is 21.2. The molecule has 0 aromatic carbocycles. The maximum Gasteiger partial charge on any atom is 0.0375 e. The van der Waals surface area contributed by atoms with Crippen molar-refractivity contribution >= 4 is 0 Å². The highest BCUT2D eigenvalue weighted by molar-refractivity contribution is 4.94. The summed E-state index contributed by atoms with van der Waals surface area (Å²) in [7, 11) is 1.97. The molecule has 18 heavy (non-hydrogen) atoms. The smallest absolute Gasteiger partial charge is 0.0375 e. The third kappa shape index (κ3) is 6.44. The van der Waals surface area contributed by atoms with Crippen molar-refractivity contribution in [3.05, 3.63) is 12.3 Å². The van der Waals surface area contributed by atoms with Crippen molar-refractivity contribution in [1.82, 2.24) is 10.2 Å². The number of nitrogens with zero attached hydrogens (tertiary/aromatic N) is 1. The highest BCUT2D eigenvalue weighted by Crippen LogP contribution is 2.22. The van der Waals surface area contributed by atoms with Crippen LogP contribution in [0.25, 0.3) is 0 Å². The fourth-order valence-electron chi connectivity index (χ4n) is 2.87. The van der Waals surface area contributed by atoms with Crippen molar-refractivity contribution in [2.75, 3.05) is 26.7 Å². The van der Waals surface area contributed by atoms with Crippen LogP contribution in [0.1, 0.15) is 52.4 Å². The molecule has 0 radical (unpaired) electrons. The Bertz CT molecular complexity index is 235. The zero-order valence-corrected chi connectivity index (χ0v) is 12.7. The molecule has 1 N–H and O–H groups in total. The molecule has 0 aromatic heterocycles. The van der Waals surface area contributed by atoms with Crippen LogP contribution in [0.5, 0.6) is 0 Å². The molecule has 2 heteroatoms. The van der Waals surface area contributed by atoms with Crippen molar-refractivity contribution in [2.24, 2.45) is 11.8 Å². The maximum atomic E-state index is 4.03. The molecule has 1 aliphatic rings. The number of unbranched alkanes of at least 4 members (excludes halogenated alkanes) is 1. The van der Waals surface area contributed by atoms with Gasteiger partial charge in [0.2, 0.25) is 0 Å². The minimum Gasteiger partial charge on any atom is -0.391 e. The number of hydrogen-bond acceptors (Lipinski definition) is 2. The van der Waals surface area contributed by atoms with Gasteiger partial charge in [-0.1, -0.05) is 39.7 Å². The molecule has 0 saturated carbocycles. The number of likely N-dealkylation sites (tertiary alicyclic amines) is 1. The Morgan fingerprint density at radius 3 is 2.83 bits per heavy atom. The first-order valence-corrected chi connectivity index (χ1v) is 7.69. The molecule has 0 aliphatic carbocycles.